The molecule has 2 aliphatic heterocycles. The van der Waals surface area contributed by atoms with Gasteiger partial charge in [0.2, 0.25) is 5.91 Å². The highest BCUT2D eigenvalue weighted by molar-refractivity contribution is 6.30. The second-order valence-electron chi connectivity index (χ2n) is 14.8. The molecule has 6 aromatic rings. The number of carbonyl (C=O) groups excluding carboxylic acids is 3. The Morgan fingerprint density at radius 2 is 1.11 bits per heavy atom. The highest BCUT2D eigenvalue weighted by Crippen LogP contribution is 2.18. The second-order valence-corrected chi connectivity index (χ2v) is 15.7. The molecule has 2 aliphatic rings. The lowest BCUT2D eigenvalue weighted by Crippen LogP contribution is -2.53. The van der Waals surface area contributed by atoms with Gasteiger partial charge in [-0.25, -0.2) is 9.97 Å². The maximum absolute atomic E-state index is 13.1. The van der Waals surface area contributed by atoms with Gasteiger partial charge in [0.15, 0.2) is 0 Å². The average Bonchev–Trinajstić information content (AvgIpc) is 3.24. The fourth-order valence-electron chi connectivity index (χ4n) is 6.53. The Morgan fingerprint density at radius 3 is 1.48 bits per heavy atom. The van der Waals surface area contributed by atoms with E-state index >= 15 is 0 Å². The van der Waals surface area contributed by atoms with Crippen molar-refractivity contribution >= 4 is 81.4 Å². The third-order valence-electron chi connectivity index (χ3n) is 10.2. The van der Waals surface area contributed by atoms with Gasteiger partial charge >= 0.3 is 5.97 Å². The van der Waals surface area contributed by atoms with Crippen molar-refractivity contribution in [2.45, 2.75) is 26.2 Å². The normalized spacial score (nSPS) is 13.2. The quantitative estimate of drug-likeness (QED) is 0.104. The number of carboxylic acids is 1. The maximum Gasteiger partial charge on any atom is 0.323 e. The molecule has 0 aliphatic carbocycles. The van der Waals surface area contributed by atoms with Gasteiger partial charge in [0.05, 0.1) is 0 Å². The van der Waals surface area contributed by atoms with Crippen LogP contribution in [0.5, 0.6) is 0 Å². The molecule has 0 radical (unpaired) electrons. The Morgan fingerprint density at radius 1 is 0.672 bits per heavy atom. The molecule has 0 atom stereocenters. The summed E-state index contributed by atoms with van der Waals surface area (Å²) in [5, 5.41) is 37.3. The average molecular weight is 936 g/mol. The van der Waals surface area contributed by atoms with Crippen LogP contribution in [0.15, 0.2) is 107 Å². The third-order valence-corrected chi connectivity index (χ3v) is 10.7. The van der Waals surface area contributed by atoms with Crippen molar-refractivity contribution in [2.24, 2.45) is 11.8 Å². The zero-order valence-electron chi connectivity index (χ0n) is 34.2. The first-order valence-corrected chi connectivity index (χ1v) is 20.5. The Hall–Kier alpha value is -6.21. The number of aliphatic carboxylic acids is 1. The van der Waals surface area contributed by atoms with E-state index in [0.29, 0.717) is 52.1 Å². The summed E-state index contributed by atoms with van der Waals surface area (Å²) in [5.41, 5.74) is 0.742. The lowest BCUT2D eigenvalue weighted by molar-refractivity contribution is -0.139. The number of pyridine rings is 4. The zero-order valence-corrected chi connectivity index (χ0v) is 36.5. The van der Waals surface area contributed by atoms with Crippen LogP contribution in [0.2, 0.25) is 10.0 Å². The summed E-state index contributed by atoms with van der Waals surface area (Å²) < 4.78 is 2.22. The van der Waals surface area contributed by atoms with Crippen molar-refractivity contribution in [1.82, 2.24) is 40.0 Å². The fourth-order valence-corrected chi connectivity index (χ4v) is 6.78. The van der Waals surface area contributed by atoms with Gasteiger partial charge in [-0.3, -0.25) is 37.9 Å². The first-order chi connectivity index (χ1) is 30.3. The summed E-state index contributed by atoms with van der Waals surface area (Å²) in [6, 6.07) is 23.6. The molecular formula is C44H45Cl3N8O9. The van der Waals surface area contributed by atoms with E-state index in [4.69, 9.17) is 38.5 Å². The van der Waals surface area contributed by atoms with E-state index in [1.807, 2.05) is 0 Å². The van der Waals surface area contributed by atoms with E-state index < -0.39 is 35.4 Å². The van der Waals surface area contributed by atoms with E-state index in [1.54, 1.807) is 77.7 Å². The highest BCUT2D eigenvalue weighted by atomic mass is 35.5. The molecule has 336 valence electrons. The zero-order chi connectivity index (χ0) is 45.0. The van der Waals surface area contributed by atoms with Gasteiger partial charge in [0.25, 0.3) is 22.9 Å². The van der Waals surface area contributed by atoms with E-state index in [2.05, 4.69) is 25.9 Å². The first kappa shape index (κ1) is 48.8. The topological polar surface area (TPSA) is 238 Å². The predicted molar refractivity (Wildman–Crippen MR) is 243 cm³/mol. The number of aliphatic hydroxyl groups is 2. The number of rotatable bonds is 12. The van der Waals surface area contributed by atoms with Crippen LogP contribution in [0, 0.1) is 11.8 Å². The molecule has 6 N–H and O–H groups in total. The van der Waals surface area contributed by atoms with Crippen LogP contribution in [0.25, 0.3) is 22.1 Å². The number of aliphatic hydroxyl groups excluding tert-OH is 2. The largest absolute Gasteiger partial charge is 0.480 e. The number of aromatic nitrogens is 4. The van der Waals surface area contributed by atoms with Crippen LogP contribution in [0.1, 0.15) is 31.8 Å². The number of fused-ring (bicyclic) bond motifs is 2. The molecule has 3 amide bonds. The SMILES string of the molecule is Cl.O=C(NCc1ccc(Cl)cc1)c1cc2cccnc2n(CC(=O)N2CC(CO)C2)c1=O.O=C(O)Cn1c(=O)c(C(=O)NCc2ccc(Cl)cc2)cc2cccnc21.OCC1CNC1. The van der Waals surface area contributed by atoms with Crippen LogP contribution in [0.4, 0.5) is 0 Å². The van der Waals surface area contributed by atoms with E-state index in [9.17, 15) is 28.8 Å². The highest BCUT2D eigenvalue weighted by Gasteiger charge is 2.31. The van der Waals surface area contributed by atoms with Gasteiger partial charge in [-0.05, 0) is 71.8 Å². The molecule has 20 heteroatoms. The number of benzene rings is 2. The number of nitrogens with one attached hydrogen (secondary N) is 3. The predicted octanol–water partition coefficient (Wildman–Crippen LogP) is 3.12. The molecule has 0 spiro atoms. The Kier molecular flexibility index (Phi) is 17.5. The van der Waals surface area contributed by atoms with Crippen LogP contribution < -0.4 is 27.1 Å². The van der Waals surface area contributed by atoms with Gasteiger partial charge in [-0.15, -0.1) is 12.4 Å². The number of hydrogen-bond donors (Lipinski definition) is 6. The van der Waals surface area contributed by atoms with Gasteiger partial charge in [0, 0.05) is 97.5 Å². The van der Waals surface area contributed by atoms with Gasteiger partial charge < -0.3 is 36.2 Å². The van der Waals surface area contributed by atoms with Gasteiger partial charge in [-0.1, -0.05) is 47.5 Å². The monoisotopic (exact) mass is 934 g/mol. The molecule has 0 bridgehead atoms. The van der Waals surface area contributed by atoms with Gasteiger partial charge in [-0.2, -0.15) is 0 Å². The van der Waals surface area contributed by atoms with E-state index in [1.165, 1.54) is 29.1 Å². The number of nitrogens with zero attached hydrogens (tertiary/aromatic N) is 5. The standard InChI is InChI=1S/C22H21ClN4O4.C18H14ClN3O4.C4H9NO.ClH/c23-17-5-3-14(4-6-17)9-25-21(30)18-8-16-2-1-7-24-20(16)27(22(18)31)12-19(29)26-10-15(11-26)13-28;19-13-5-3-11(4-6-13)9-21-17(25)14-8-12-2-1-7-20-16(12)22(18(14)26)10-15(23)24;6-3-4-1-5-2-4;/h1-8,15,28H,9-13H2,(H,25,30);1-8H,9-10H2,(H,21,25)(H,23,24);4-6H,1-3H2;1H. The fraction of sp³-hybridized carbons (Fsp3) is 0.273. The van der Waals surface area contributed by atoms with Crippen LogP contribution in [-0.4, -0.2) is 102 Å². The summed E-state index contributed by atoms with van der Waals surface area (Å²) in [6.45, 7) is 2.95. The Balaban J connectivity index is 0.000000212. The molecule has 0 unspecified atom stereocenters. The molecule has 2 aromatic carbocycles. The molecule has 17 nitrogen and oxygen atoms in total. The molecular weight excluding hydrogens is 891 g/mol. The number of amides is 3. The summed E-state index contributed by atoms with van der Waals surface area (Å²) in [4.78, 5) is 84.5. The van der Waals surface area contributed by atoms with Crippen molar-refractivity contribution in [2.75, 3.05) is 39.4 Å². The second kappa shape index (κ2) is 22.9. The minimum atomic E-state index is -1.20. The molecule has 2 fully saturated rings. The van der Waals surface area contributed by atoms with Crippen LogP contribution in [-0.2, 0) is 35.8 Å². The van der Waals surface area contributed by atoms with Crippen molar-refractivity contribution in [3.63, 3.8) is 0 Å². The number of carbonyl (C=O) groups is 4. The minimum Gasteiger partial charge on any atom is -0.480 e. The van der Waals surface area contributed by atoms with Gasteiger partial charge in [0.1, 0.15) is 35.5 Å². The first-order valence-electron chi connectivity index (χ1n) is 19.8. The van der Waals surface area contributed by atoms with Crippen molar-refractivity contribution in [3.8, 4) is 0 Å². The summed E-state index contributed by atoms with van der Waals surface area (Å²) in [6.07, 6.45) is 2.99. The lowest BCUT2D eigenvalue weighted by Gasteiger charge is -2.38. The lowest BCUT2D eigenvalue weighted by atomic mass is 10.0. The summed E-state index contributed by atoms with van der Waals surface area (Å²) in [7, 11) is 0. The Labute approximate surface area is 382 Å². The van der Waals surface area contributed by atoms with E-state index in [0.717, 1.165) is 28.8 Å². The number of hydrogen-bond acceptors (Lipinski definition) is 11. The summed E-state index contributed by atoms with van der Waals surface area (Å²) in [5.74, 6) is -1.94. The van der Waals surface area contributed by atoms with Crippen LogP contribution in [0.3, 0.4) is 0 Å². The van der Waals surface area contributed by atoms with Crippen molar-refractivity contribution < 1.29 is 34.5 Å². The molecule has 8 rings (SSSR count). The number of carboxylic acid groups (broad SMARTS) is 1. The van der Waals surface area contributed by atoms with Crippen molar-refractivity contribution in [3.05, 3.63) is 150 Å². The molecule has 64 heavy (non-hydrogen) atoms. The van der Waals surface area contributed by atoms with E-state index in [-0.39, 0.29) is 67.2 Å². The van der Waals surface area contributed by atoms with Crippen LogP contribution >= 0.6 is 35.6 Å². The molecule has 0 saturated carbocycles. The van der Waals surface area contributed by atoms with Crippen molar-refractivity contribution in [1.29, 1.82) is 0 Å². The minimum absolute atomic E-state index is 0. The summed E-state index contributed by atoms with van der Waals surface area (Å²) >= 11 is 11.7. The maximum atomic E-state index is 13.1. The Bertz CT molecular complexity index is 2720. The number of likely N-dealkylation sites (tertiary alicyclic amines) is 1. The smallest absolute Gasteiger partial charge is 0.323 e. The third kappa shape index (κ3) is 12.5. The molecule has 2 saturated heterocycles. The molecule has 6 heterocycles. The number of halogens is 3. The molecule has 4 aromatic heterocycles.